The van der Waals surface area contributed by atoms with Crippen molar-refractivity contribution in [3.63, 3.8) is 0 Å². The van der Waals surface area contributed by atoms with Crippen molar-refractivity contribution in [2.75, 3.05) is 25.5 Å². The van der Waals surface area contributed by atoms with Gasteiger partial charge in [-0.3, -0.25) is 4.79 Å². The molecular weight excluding hydrogens is 322 g/mol. The number of carbonyl (C=O) groups is 1. The summed E-state index contributed by atoms with van der Waals surface area (Å²) in [4.78, 5) is 20.6. The third-order valence-electron chi connectivity index (χ3n) is 5.29. The molecule has 0 aliphatic carbocycles. The third kappa shape index (κ3) is 2.96. The zero-order valence-corrected chi connectivity index (χ0v) is 15.6. The maximum Gasteiger partial charge on any atom is 0.270 e. The van der Waals surface area contributed by atoms with E-state index in [0.717, 1.165) is 30.3 Å². The highest BCUT2D eigenvalue weighted by Gasteiger charge is 2.31. The number of hydrogen-bond donors (Lipinski definition) is 1. The number of anilines is 1. The molecule has 0 saturated carbocycles. The Morgan fingerprint density at radius 1 is 1.15 bits per heavy atom. The summed E-state index contributed by atoms with van der Waals surface area (Å²) in [5.41, 5.74) is 5.29. The Morgan fingerprint density at radius 3 is 2.81 bits per heavy atom. The van der Waals surface area contributed by atoms with Crippen LogP contribution in [0.1, 0.15) is 40.5 Å². The van der Waals surface area contributed by atoms with E-state index >= 15 is 0 Å². The minimum atomic E-state index is 0.0941. The zero-order valence-electron chi connectivity index (χ0n) is 15.6. The van der Waals surface area contributed by atoms with Gasteiger partial charge in [0, 0.05) is 37.2 Å². The van der Waals surface area contributed by atoms with Crippen molar-refractivity contribution in [1.29, 1.82) is 0 Å². The van der Waals surface area contributed by atoms with Gasteiger partial charge >= 0.3 is 0 Å². The van der Waals surface area contributed by atoms with Crippen LogP contribution in [0, 0.1) is 6.92 Å². The molecule has 1 amide bonds. The van der Waals surface area contributed by atoms with E-state index in [1.165, 1.54) is 16.8 Å². The first-order valence-corrected chi connectivity index (χ1v) is 9.20. The summed E-state index contributed by atoms with van der Waals surface area (Å²) in [6.07, 6.45) is 2.06. The maximum absolute atomic E-state index is 13.2. The molecular formula is C22H25N3O. The molecule has 0 bridgehead atoms. The number of rotatable bonds is 3. The fraction of sp³-hybridized carbons (Fsp3) is 0.318. The van der Waals surface area contributed by atoms with Crippen molar-refractivity contribution in [3.8, 4) is 0 Å². The number of aromatic amines is 1. The first kappa shape index (κ1) is 16.7. The first-order chi connectivity index (χ1) is 12.5. The molecule has 26 heavy (non-hydrogen) atoms. The molecule has 4 rings (SSSR count). The van der Waals surface area contributed by atoms with Gasteiger partial charge in [0.1, 0.15) is 5.69 Å². The molecule has 1 fully saturated rings. The molecule has 1 atom stereocenters. The van der Waals surface area contributed by atoms with E-state index in [0.29, 0.717) is 5.69 Å². The number of nitrogens with one attached hydrogen (secondary N) is 1. The average Bonchev–Trinajstić information content (AvgIpc) is 3.27. The third-order valence-corrected chi connectivity index (χ3v) is 5.29. The van der Waals surface area contributed by atoms with Gasteiger partial charge < -0.3 is 14.8 Å². The number of amides is 1. The Hall–Kier alpha value is -2.75. The number of aryl methyl sites for hydroxylation is 1. The monoisotopic (exact) mass is 347 g/mol. The Morgan fingerprint density at radius 2 is 2.00 bits per heavy atom. The average molecular weight is 347 g/mol. The van der Waals surface area contributed by atoms with Crippen LogP contribution in [0.25, 0.3) is 10.9 Å². The second-order valence-corrected chi connectivity index (χ2v) is 7.42. The molecule has 1 aliphatic heterocycles. The van der Waals surface area contributed by atoms with Crippen LogP contribution in [0.5, 0.6) is 0 Å². The lowest BCUT2D eigenvalue weighted by Gasteiger charge is -2.25. The molecule has 1 aliphatic rings. The van der Waals surface area contributed by atoms with Crippen molar-refractivity contribution in [2.24, 2.45) is 0 Å². The molecule has 134 valence electrons. The van der Waals surface area contributed by atoms with Crippen LogP contribution in [0.4, 0.5) is 5.69 Å². The second kappa shape index (κ2) is 6.52. The molecule has 2 heterocycles. The topological polar surface area (TPSA) is 39.3 Å². The van der Waals surface area contributed by atoms with Crippen LogP contribution in [-0.4, -0.2) is 36.4 Å². The van der Waals surface area contributed by atoms with E-state index in [2.05, 4.69) is 59.3 Å². The van der Waals surface area contributed by atoms with Gasteiger partial charge in [0.25, 0.3) is 5.91 Å². The normalized spacial score (nSPS) is 17.0. The molecule has 2 aromatic carbocycles. The molecule has 4 heteroatoms. The summed E-state index contributed by atoms with van der Waals surface area (Å²) in [6, 6.07) is 16.9. The largest absolute Gasteiger partial charge is 0.378 e. The van der Waals surface area contributed by atoms with Crippen LogP contribution in [0.2, 0.25) is 0 Å². The summed E-state index contributed by atoms with van der Waals surface area (Å²) in [6.45, 7) is 2.88. The van der Waals surface area contributed by atoms with Crippen LogP contribution in [0.15, 0.2) is 48.5 Å². The van der Waals surface area contributed by atoms with Gasteiger partial charge in [-0.15, -0.1) is 0 Å². The van der Waals surface area contributed by atoms with E-state index in [1.807, 2.05) is 25.1 Å². The van der Waals surface area contributed by atoms with E-state index < -0.39 is 0 Å². The lowest BCUT2D eigenvalue weighted by molar-refractivity contribution is 0.0730. The SMILES string of the molecule is Cc1ccc2cc(C(=O)N3CCC[C@@H]3c3cccc(N(C)C)c3)[nH]c2c1. The highest BCUT2D eigenvalue weighted by Crippen LogP contribution is 2.34. The predicted molar refractivity (Wildman–Crippen MR) is 107 cm³/mol. The Labute approximate surface area is 154 Å². The Kier molecular flexibility index (Phi) is 4.19. The van der Waals surface area contributed by atoms with Crippen molar-refractivity contribution >= 4 is 22.5 Å². The number of carbonyl (C=O) groups excluding carboxylic acids is 1. The van der Waals surface area contributed by atoms with E-state index in [4.69, 9.17) is 0 Å². The maximum atomic E-state index is 13.2. The van der Waals surface area contributed by atoms with Crippen LogP contribution in [-0.2, 0) is 0 Å². The van der Waals surface area contributed by atoms with Crippen LogP contribution >= 0.6 is 0 Å². The summed E-state index contributed by atoms with van der Waals surface area (Å²) in [7, 11) is 4.09. The number of benzene rings is 2. The predicted octanol–water partition coefficient (Wildman–Crippen LogP) is 4.52. The summed E-state index contributed by atoms with van der Waals surface area (Å²) >= 11 is 0. The number of likely N-dealkylation sites (tertiary alicyclic amines) is 1. The van der Waals surface area contributed by atoms with Gasteiger partial charge in [0.05, 0.1) is 6.04 Å². The zero-order chi connectivity index (χ0) is 18.3. The minimum Gasteiger partial charge on any atom is -0.378 e. The summed E-state index contributed by atoms with van der Waals surface area (Å²) < 4.78 is 0. The highest BCUT2D eigenvalue weighted by molar-refractivity contribution is 5.98. The summed E-state index contributed by atoms with van der Waals surface area (Å²) in [5, 5.41) is 1.09. The highest BCUT2D eigenvalue weighted by atomic mass is 16.2. The molecule has 1 aromatic heterocycles. The number of fused-ring (bicyclic) bond motifs is 1. The molecule has 0 spiro atoms. The second-order valence-electron chi connectivity index (χ2n) is 7.42. The van der Waals surface area contributed by atoms with Crippen molar-refractivity contribution in [3.05, 3.63) is 65.4 Å². The van der Waals surface area contributed by atoms with Crippen molar-refractivity contribution in [2.45, 2.75) is 25.8 Å². The quantitative estimate of drug-likeness (QED) is 0.756. The van der Waals surface area contributed by atoms with Crippen LogP contribution in [0.3, 0.4) is 0 Å². The molecule has 3 aromatic rings. The fourth-order valence-corrected chi connectivity index (χ4v) is 3.88. The van der Waals surface area contributed by atoms with Gasteiger partial charge in [-0.1, -0.05) is 24.3 Å². The number of hydrogen-bond acceptors (Lipinski definition) is 2. The van der Waals surface area contributed by atoms with E-state index in [-0.39, 0.29) is 11.9 Å². The Bertz CT molecular complexity index is 957. The van der Waals surface area contributed by atoms with E-state index in [9.17, 15) is 4.79 Å². The molecule has 1 N–H and O–H groups in total. The number of nitrogens with zero attached hydrogens (tertiary/aromatic N) is 2. The molecule has 0 unspecified atom stereocenters. The number of aromatic nitrogens is 1. The first-order valence-electron chi connectivity index (χ1n) is 9.20. The molecule has 1 saturated heterocycles. The van der Waals surface area contributed by atoms with Crippen molar-refractivity contribution < 1.29 is 4.79 Å². The van der Waals surface area contributed by atoms with Gasteiger partial charge in [-0.05, 0) is 55.2 Å². The van der Waals surface area contributed by atoms with Crippen LogP contribution < -0.4 is 4.90 Å². The van der Waals surface area contributed by atoms with Gasteiger partial charge in [0.2, 0.25) is 0 Å². The van der Waals surface area contributed by atoms with Crippen molar-refractivity contribution in [1.82, 2.24) is 9.88 Å². The number of H-pyrrole nitrogens is 1. The van der Waals surface area contributed by atoms with Gasteiger partial charge in [-0.2, -0.15) is 0 Å². The Balaban J connectivity index is 1.65. The minimum absolute atomic E-state index is 0.0941. The smallest absolute Gasteiger partial charge is 0.270 e. The van der Waals surface area contributed by atoms with Gasteiger partial charge in [0.15, 0.2) is 0 Å². The lowest BCUT2D eigenvalue weighted by Crippen LogP contribution is -2.30. The summed E-state index contributed by atoms with van der Waals surface area (Å²) in [5.74, 6) is 0.0941. The standard InChI is InChI=1S/C22H25N3O/c1-15-9-10-16-14-20(23-19(16)12-15)22(26)25-11-5-8-21(25)17-6-4-7-18(13-17)24(2)3/h4,6-7,9-10,12-14,21,23H,5,8,11H2,1-3H3/t21-/m1/s1. The van der Waals surface area contributed by atoms with Gasteiger partial charge in [-0.25, -0.2) is 0 Å². The molecule has 4 nitrogen and oxygen atoms in total. The lowest BCUT2D eigenvalue weighted by atomic mass is 10.0. The molecule has 0 radical (unpaired) electrons. The fourth-order valence-electron chi connectivity index (χ4n) is 3.88. The van der Waals surface area contributed by atoms with E-state index in [1.54, 1.807) is 0 Å².